The predicted octanol–water partition coefficient (Wildman–Crippen LogP) is 3.64. The highest BCUT2D eigenvalue weighted by atomic mass is 79.9. The summed E-state index contributed by atoms with van der Waals surface area (Å²) in [5.74, 6) is 0. The van der Waals surface area contributed by atoms with E-state index in [1.807, 2.05) is 0 Å². The van der Waals surface area contributed by atoms with Gasteiger partial charge < -0.3 is 10.3 Å². The molecular formula is C15H17BrN2. The molecule has 2 N–H and O–H groups in total. The molecule has 0 bridgehead atoms. The van der Waals surface area contributed by atoms with E-state index in [1.54, 1.807) is 0 Å². The van der Waals surface area contributed by atoms with Crippen molar-refractivity contribution in [3.05, 3.63) is 57.8 Å². The minimum absolute atomic E-state index is 0.236. The molecule has 94 valence electrons. The first-order valence-electron chi connectivity index (χ1n) is 6.41. The van der Waals surface area contributed by atoms with Gasteiger partial charge in [0.1, 0.15) is 0 Å². The van der Waals surface area contributed by atoms with Gasteiger partial charge in [-0.3, -0.25) is 0 Å². The predicted molar refractivity (Wildman–Crippen MR) is 77.5 cm³/mol. The summed E-state index contributed by atoms with van der Waals surface area (Å²) in [6.45, 7) is 0.924. The monoisotopic (exact) mass is 304 g/mol. The zero-order valence-electron chi connectivity index (χ0n) is 10.3. The average Bonchev–Trinajstić information content (AvgIpc) is 2.76. The van der Waals surface area contributed by atoms with Gasteiger partial charge in [-0.2, -0.15) is 0 Å². The van der Waals surface area contributed by atoms with E-state index in [0.29, 0.717) is 0 Å². The Balaban J connectivity index is 1.83. The first-order chi connectivity index (χ1) is 8.72. The van der Waals surface area contributed by atoms with Crippen molar-refractivity contribution in [2.24, 2.45) is 5.73 Å². The fourth-order valence-corrected chi connectivity index (χ4v) is 2.94. The molecule has 2 nitrogen and oxygen atoms in total. The number of nitrogens with zero attached hydrogens (tertiary/aromatic N) is 1. The maximum Gasteiger partial charge on any atom is 0.0470 e. The van der Waals surface area contributed by atoms with Crippen LogP contribution < -0.4 is 5.73 Å². The molecule has 0 radical (unpaired) electrons. The molecule has 1 aromatic heterocycles. The van der Waals surface area contributed by atoms with E-state index in [9.17, 15) is 0 Å². The number of aromatic nitrogens is 1. The number of hydrogen-bond acceptors (Lipinski definition) is 1. The summed E-state index contributed by atoms with van der Waals surface area (Å²) < 4.78 is 3.39. The number of rotatable bonds is 2. The summed E-state index contributed by atoms with van der Waals surface area (Å²) in [5, 5.41) is 0. The van der Waals surface area contributed by atoms with Crippen LogP contribution in [0.1, 0.15) is 35.6 Å². The van der Waals surface area contributed by atoms with Gasteiger partial charge in [0.25, 0.3) is 0 Å². The third kappa shape index (κ3) is 2.38. The van der Waals surface area contributed by atoms with Crippen molar-refractivity contribution in [2.45, 2.75) is 31.8 Å². The van der Waals surface area contributed by atoms with Crippen LogP contribution in [0.15, 0.2) is 41.1 Å². The van der Waals surface area contributed by atoms with Gasteiger partial charge in [0.15, 0.2) is 0 Å². The lowest BCUT2D eigenvalue weighted by Crippen LogP contribution is -2.15. The summed E-state index contributed by atoms with van der Waals surface area (Å²) in [6, 6.07) is 8.72. The SMILES string of the molecule is NC1CCCc2cn(Cc3ccc(Br)cc3)cc21. The third-order valence-corrected chi connectivity index (χ3v) is 4.17. The second kappa shape index (κ2) is 4.90. The Morgan fingerprint density at radius 3 is 2.72 bits per heavy atom. The second-order valence-corrected chi connectivity index (χ2v) is 5.95. The topological polar surface area (TPSA) is 30.9 Å². The van der Waals surface area contributed by atoms with Crippen molar-refractivity contribution in [3.63, 3.8) is 0 Å². The van der Waals surface area contributed by atoms with Gasteiger partial charge in [0.05, 0.1) is 0 Å². The van der Waals surface area contributed by atoms with Crippen LogP contribution in [0.2, 0.25) is 0 Å². The molecule has 1 atom stereocenters. The molecule has 3 heteroatoms. The van der Waals surface area contributed by atoms with Gasteiger partial charge in [-0.25, -0.2) is 0 Å². The van der Waals surface area contributed by atoms with Gasteiger partial charge in [-0.05, 0) is 48.1 Å². The number of aryl methyl sites for hydroxylation is 1. The van der Waals surface area contributed by atoms with E-state index in [0.717, 1.165) is 17.4 Å². The first-order valence-corrected chi connectivity index (χ1v) is 7.20. The molecule has 0 fully saturated rings. The molecule has 0 saturated heterocycles. The lowest BCUT2D eigenvalue weighted by molar-refractivity contribution is 0.573. The lowest BCUT2D eigenvalue weighted by Gasteiger charge is -2.17. The number of halogens is 1. The normalized spacial score (nSPS) is 18.7. The molecule has 1 heterocycles. The number of benzene rings is 1. The Morgan fingerprint density at radius 2 is 2.00 bits per heavy atom. The smallest absolute Gasteiger partial charge is 0.0470 e. The second-order valence-electron chi connectivity index (χ2n) is 5.04. The molecule has 18 heavy (non-hydrogen) atoms. The maximum absolute atomic E-state index is 6.15. The van der Waals surface area contributed by atoms with Crippen LogP contribution in [-0.4, -0.2) is 4.57 Å². The van der Waals surface area contributed by atoms with Crippen LogP contribution in [0.25, 0.3) is 0 Å². The Morgan fingerprint density at radius 1 is 1.22 bits per heavy atom. The van der Waals surface area contributed by atoms with Crippen molar-refractivity contribution in [1.29, 1.82) is 0 Å². The molecule has 0 saturated carbocycles. The minimum Gasteiger partial charge on any atom is -0.349 e. The van der Waals surface area contributed by atoms with E-state index >= 15 is 0 Å². The summed E-state index contributed by atoms with van der Waals surface area (Å²) in [7, 11) is 0. The zero-order chi connectivity index (χ0) is 12.5. The van der Waals surface area contributed by atoms with Gasteiger partial charge in [0, 0.05) is 29.5 Å². The van der Waals surface area contributed by atoms with E-state index in [4.69, 9.17) is 5.73 Å². The summed E-state index contributed by atoms with van der Waals surface area (Å²) in [4.78, 5) is 0. The largest absolute Gasteiger partial charge is 0.349 e. The van der Waals surface area contributed by atoms with Crippen molar-refractivity contribution >= 4 is 15.9 Å². The highest BCUT2D eigenvalue weighted by Crippen LogP contribution is 2.28. The highest BCUT2D eigenvalue weighted by Gasteiger charge is 2.18. The average molecular weight is 305 g/mol. The Hall–Kier alpha value is -1.06. The Labute approximate surface area is 116 Å². The van der Waals surface area contributed by atoms with Crippen molar-refractivity contribution in [2.75, 3.05) is 0 Å². The van der Waals surface area contributed by atoms with Gasteiger partial charge in [0.2, 0.25) is 0 Å². The van der Waals surface area contributed by atoms with Crippen LogP contribution in [0.4, 0.5) is 0 Å². The molecular weight excluding hydrogens is 288 g/mol. The molecule has 0 spiro atoms. The van der Waals surface area contributed by atoms with Crippen LogP contribution in [-0.2, 0) is 13.0 Å². The van der Waals surface area contributed by atoms with Crippen molar-refractivity contribution in [1.82, 2.24) is 4.57 Å². The molecule has 1 unspecified atom stereocenters. The molecule has 2 aromatic rings. The van der Waals surface area contributed by atoms with Crippen LogP contribution >= 0.6 is 15.9 Å². The van der Waals surface area contributed by atoms with Crippen LogP contribution in [0, 0.1) is 0 Å². The van der Waals surface area contributed by atoms with E-state index in [-0.39, 0.29) is 6.04 Å². The van der Waals surface area contributed by atoms with E-state index in [2.05, 4.69) is 57.2 Å². The van der Waals surface area contributed by atoms with Crippen molar-refractivity contribution in [3.8, 4) is 0 Å². The minimum atomic E-state index is 0.236. The summed E-state index contributed by atoms with van der Waals surface area (Å²) in [5.41, 5.74) is 10.3. The van der Waals surface area contributed by atoms with E-state index < -0.39 is 0 Å². The standard InChI is InChI=1S/C15H17BrN2/c16-13-6-4-11(5-7-13)8-18-9-12-2-1-3-15(17)14(12)10-18/h4-7,9-10,15H,1-3,8,17H2. The van der Waals surface area contributed by atoms with E-state index in [1.165, 1.54) is 29.5 Å². The zero-order valence-corrected chi connectivity index (χ0v) is 11.9. The van der Waals surface area contributed by atoms with Gasteiger partial charge in [-0.15, -0.1) is 0 Å². The van der Waals surface area contributed by atoms with Crippen LogP contribution in [0.5, 0.6) is 0 Å². The summed E-state index contributed by atoms with van der Waals surface area (Å²) >= 11 is 3.46. The quantitative estimate of drug-likeness (QED) is 0.902. The Kier molecular flexibility index (Phi) is 3.27. The van der Waals surface area contributed by atoms with Gasteiger partial charge >= 0.3 is 0 Å². The molecule has 1 aliphatic carbocycles. The Bertz CT molecular complexity index is 542. The highest BCUT2D eigenvalue weighted by molar-refractivity contribution is 9.10. The molecule has 0 amide bonds. The summed E-state index contributed by atoms with van der Waals surface area (Å²) in [6.07, 6.45) is 8.00. The number of hydrogen-bond donors (Lipinski definition) is 1. The fourth-order valence-electron chi connectivity index (χ4n) is 2.68. The molecule has 1 aliphatic rings. The number of nitrogens with two attached hydrogens (primary N) is 1. The maximum atomic E-state index is 6.15. The fraction of sp³-hybridized carbons (Fsp3) is 0.333. The third-order valence-electron chi connectivity index (χ3n) is 3.64. The first kappa shape index (κ1) is 12.0. The van der Waals surface area contributed by atoms with Gasteiger partial charge in [-0.1, -0.05) is 28.1 Å². The number of fused-ring (bicyclic) bond motifs is 1. The molecule has 0 aliphatic heterocycles. The molecule has 3 rings (SSSR count). The molecule has 1 aromatic carbocycles. The van der Waals surface area contributed by atoms with Crippen LogP contribution in [0.3, 0.4) is 0 Å². The van der Waals surface area contributed by atoms with Crippen molar-refractivity contribution < 1.29 is 0 Å². The lowest BCUT2D eigenvalue weighted by atomic mass is 9.92.